The van der Waals surface area contributed by atoms with Gasteiger partial charge >= 0.3 is 5.97 Å². The lowest BCUT2D eigenvalue weighted by Gasteiger charge is -2.32. The Morgan fingerprint density at radius 2 is 1.75 bits per heavy atom. The molecular formula is C13H23N3O4. The van der Waals surface area contributed by atoms with Crippen molar-refractivity contribution >= 4 is 17.7 Å². The molecule has 0 unspecified atom stereocenters. The zero-order valence-electron chi connectivity index (χ0n) is 11.5. The molecule has 0 aromatic heterocycles. The molecule has 7 N–H and O–H groups in total. The molecule has 1 aliphatic rings. The van der Waals surface area contributed by atoms with Gasteiger partial charge in [-0.3, -0.25) is 14.4 Å². The number of carboxylic acids is 1. The van der Waals surface area contributed by atoms with Gasteiger partial charge in [0.1, 0.15) is 0 Å². The minimum absolute atomic E-state index is 0.147. The van der Waals surface area contributed by atoms with Crippen molar-refractivity contribution in [2.45, 2.75) is 56.5 Å². The third kappa shape index (κ3) is 4.01. The van der Waals surface area contributed by atoms with Gasteiger partial charge in [0.2, 0.25) is 5.91 Å². The summed E-state index contributed by atoms with van der Waals surface area (Å²) in [5.41, 5.74) is 14.8. The van der Waals surface area contributed by atoms with Gasteiger partial charge in [-0.05, 0) is 12.3 Å². The minimum atomic E-state index is -1.86. The van der Waals surface area contributed by atoms with Crippen LogP contribution in [0.4, 0.5) is 0 Å². The molecule has 7 nitrogen and oxygen atoms in total. The maximum absolute atomic E-state index is 12.2. The Morgan fingerprint density at radius 1 is 1.20 bits per heavy atom. The van der Waals surface area contributed by atoms with Gasteiger partial charge in [-0.15, -0.1) is 0 Å². The van der Waals surface area contributed by atoms with Crippen molar-refractivity contribution in [3.05, 3.63) is 0 Å². The van der Waals surface area contributed by atoms with E-state index in [1.165, 1.54) is 0 Å². The molecule has 0 aromatic rings. The first-order valence-corrected chi connectivity index (χ1v) is 6.88. The summed E-state index contributed by atoms with van der Waals surface area (Å²) >= 11 is 0. The Kier molecular flexibility index (Phi) is 5.64. The predicted molar refractivity (Wildman–Crippen MR) is 72.5 cm³/mol. The number of hydrogen-bond donors (Lipinski definition) is 4. The second-order valence-corrected chi connectivity index (χ2v) is 5.61. The molecule has 0 aromatic carbocycles. The average molecular weight is 285 g/mol. The minimum Gasteiger partial charge on any atom is -0.481 e. The second-order valence-electron chi connectivity index (χ2n) is 5.61. The molecule has 0 spiro atoms. The number of carboxylic acid groups (broad SMARTS) is 1. The second kappa shape index (κ2) is 6.81. The molecule has 0 saturated heterocycles. The highest BCUT2D eigenvalue weighted by Gasteiger charge is 2.44. The van der Waals surface area contributed by atoms with E-state index in [-0.39, 0.29) is 12.3 Å². The quantitative estimate of drug-likeness (QED) is 0.463. The Bertz CT molecular complexity index is 393. The molecule has 20 heavy (non-hydrogen) atoms. The number of nitrogens with two attached hydrogens (primary N) is 3. The van der Waals surface area contributed by atoms with Crippen LogP contribution in [0.2, 0.25) is 0 Å². The number of amides is 1. The fourth-order valence-corrected chi connectivity index (χ4v) is 2.78. The molecule has 0 bridgehead atoms. The number of aliphatic carboxylic acids is 1. The third-order valence-electron chi connectivity index (χ3n) is 3.95. The number of rotatable bonds is 7. The van der Waals surface area contributed by atoms with Crippen LogP contribution >= 0.6 is 0 Å². The van der Waals surface area contributed by atoms with Crippen molar-refractivity contribution in [2.75, 3.05) is 0 Å². The van der Waals surface area contributed by atoms with Gasteiger partial charge in [-0.1, -0.05) is 32.1 Å². The molecule has 2 atom stereocenters. The lowest BCUT2D eigenvalue weighted by Crippen LogP contribution is -2.63. The highest BCUT2D eigenvalue weighted by atomic mass is 16.4. The normalized spacial score (nSPS) is 20.9. The number of hydrogen-bond acceptors (Lipinski definition) is 5. The van der Waals surface area contributed by atoms with E-state index < -0.39 is 35.7 Å². The molecule has 1 saturated carbocycles. The first-order valence-electron chi connectivity index (χ1n) is 6.88. The van der Waals surface area contributed by atoms with Crippen molar-refractivity contribution in [1.29, 1.82) is 0 Å². The fourth-order valence-electron chi connectivity index (χ4n) is 2.78. The van der Waals surface area contributed by atoms with Crippen LogP contribution < -0.4 is 17.2 Å². The average Bonchev–Trinajstić information content (AvgIpc) is 2.37. The van der Waals surface area contributed by atoms with E-state index in [0.717, 1.165) is 32.1 Å². The summed E-state index contributed by atoms with van der Waals surface area (Å²) < 4.78 is 0. The summed E-state index contributed by atoms with van der Waals surface area (Å²) in [6, 6.07) is -1.31. The Hall–Kier alpha value is -1.47. The van der Waals surface area contributed by atoms with Crippen LogP contribution in [0, 0.1) is 5.92 Å². The molecule has 0 radical (unpaired) electrons. The number of primary amides is 1. The molecule has 7 heteroatoms. The maximum atomic E-state index is 12.2. The van der Waals surface area contributed by atoms with E-state index in [4.69, 9.17) is 22.3 Å². The first-order chi connectivity index (χ1) is 9.27. The summed E-state index contributed by atoms with van der Waals surface area (Å²) in [6.07, 6.45) is 4.59. The summed E-state index contributed by atoms with van der Waals surface area (Å²) in [7, 11) is 0. The highest BCUT2D eigenvalue weighted by Crippen LogP contribution is 2.30. The van der Waals surface area contributed by atoms with Gasteiger partial charge in [0.25, 0.3) is 0 Å². The lowest BCUT2D eigenvalue weighted by atomic mass is 9.76. The van der Waals surface area contributed by atoms with Crippen LogP contribution in [-0.2, 0) is 14.4 Å². The third-order valence-corrected chi connectivity index (χ3v) is 3.95. The van der Waals surface area contributed by atoms with Crippen LogP contribution in [0.1, 0.15) is 44.9 Å². The van der Waals surface area contributed by atoms with Gasteiger partial charge in [0.05, 0.1) is 12.5 Å². The van der Waals surface area contributed by atoms with E-state index in [1.807, 2.05) is 0 Å². The first kappa shape index (κ1) is 16.6. The number of carbonyl (C=O) groups excluding carboxylic acids is 2. The predicted octanol–water partition coefficient (Wildman–Crippen LogP) is -0.489. The van der Waals surface area contributed by atoms with Gasteiger partial charge in [-0.25, -0.2) is 0 Å². The number of carbonyl (C=O) groups is 3. The standard InChI is InChI=1S/C13H23N3O4/c14-9(6-10(17)18)11(19)13(16,12(15)20)7-8-4-2-1-3-5-8/h8-9H,1-7,14,16H2,(H2,15,20)(H,17,18)/t9-,13+/m0/s1. The van der Waals surface area contributed by atoms with E-state index in [1.54, 1.807) is 0 Å². The van der Waals surface area contributed by atoms with E-state index in [0.29, 0.717) is 0 Å². The van der Waals surface area contributed by atoms with Crippen LogP contribution in [0.5, 0.6) is 0 Å². The van der Waals surface area contributed by atoms with Crippen molar-refractivity contribution in [3.63, 3.8) is 0 Å². The molecular weight excluding hydrogens is 262 g/mol. The van der Waals surface area contributed by atoms with Crippen LogP contribution in [-0.4, -0.2) is 34.3 Å². The van der Waals surface area contributed by atoms with Crippen LogP contribution in [0.3, 0.4) is 0 Å². The Morgan fingerprint density at radius 3 is 2.20 bits per heavy atom. The Balaban J connectivity index is 2.81. The summed E-state index contributed by atoms with van der Waals surface area (Å²) in [4.78, 5) is 34.4. The fraction of sp³-hybridized carbons (Fsp3) is 0.769. The number of ketones is 1. The van der Waals surface area contributed by atoms with Crippen LogP contribution in [0.15, 0.2) is 0 Å². The van der Waals surface area contributed by atoms with Crippen molar-refractivity contribution in [2.24, 2.45) is 23.1 Å². The molecule has 1 amide bonds. The summed E-state index contributed by atoms with van der Waals surface area (Å²) in [5.74, 6) is -2.77. The SMILES string of the molecule is NC(=O)[C@@](N)(CC1CCCCC1)C(=O)[C@@H](N)CC(=O)O. The molecule has 1 aliphatic carbocycles. The van der Waals surface area contributed by atoms with E-state index >= 15 is 0 Å². The van der Waals surface area contributed by atoms with Gasteiger partial charge in [0.15, 0.2) is 11.3 Å². The van der Waals surface area contributed by atoms with Gasteiger partial charge in [-0.2, -0.15) is 0 Å². The molecule has 1 fully saturated rings. The largest absolute Gasteiger partial charge is 0.481 e. The topological polar surface area (TPSA) is 150 Å². The summed E-state index contributed by atoms with van der Waals surface area (Å²) in [5, 5.41) is 8.67. The van der Waals surface area contributed by atoms with Crippen molar-refractivity contribution in [1.82, 2.24) is 0 Å². The molecule has 0 heterocycles. The van der Waals surface area contributed by atoms with E-state index in [2.05, 4.69) is 0 Å². The molecule has 1 rings (SSSR count). The van der Waals surface area contributed by atoms with Crippen LogP contribution in [0.25, 0.3) is 0 Å². The van der Waals surface area contributed by atoms with E-state index in [9.17, 15) is 14.4 Å². The highest BCUT2D eigenvalue weighted by molar-refractivity contribution is 6.12. The summed E-state index contributed by atoms with van der Waals surface area (Å²) in [6.45, 7) is 0. The molecule has 114 valence electrons. The van der Waals surface area contributed by atoms with Crippen molar-refractivity contribution in [3.8, 4) is 0 Å². The van der Waals surface area contributed by atoms with Gasteiger partial charge in [0, 0.05) is 0 Å². The smallest absolute Gasteiger partial charge is 0.305 e. The van der Waals surface area contributed by atoms with Crippen molar-refractivity contribution < 1.29 is 19.5 Å². The monoisotopic (exact) mass is 285 g/mol. The lowest BCUT2D eigenvalue weighted by molar-refractivity contribution is -0.142. The zero-order valence-corrected chi connectivity index (χ0v) is 11.5. The maximum Gasteiger partial charge on any atom is 0.305 e. The Labute approximate surface area is 117 Å². The zero-order chi connectivity index (χ0) is 15.3. The number of Topliss-reactive ketones (excluding diaryl/α,β-unsaturated/α-hetero) is 1. The van der Waals surface area contributed by atoms with Gasteiger partial charge < -0.3 is 22.3 Å². The molecule has 0 aliphatic heterocycles.